The summed E-state index contributed by atoms with van der Waals surface area (Å²) in [6.07, 6.45) is 5.03. The van der Waals surface area contributed by atoms with Crippen molar-refractivity contribution in [2.75, 3.05) is 26.7 Å². The molecule has 3 nitrogen and oxygen atoms in total. The number of amides is 1. The standard InChI is InChI=1S/C11H20N2O/c1-6-7-12-10(14)8-13(5)9-11(2,3)4/h1H,7-9H2,2-5H3,(H,12,14). The molecule has 0 rings (SSSR count). The van der Waals surface area contributed by atoms with Crippen LogP contribution in [0.3, 0.4) is 0 Å². The minimum Gasteiger partial charge on any atom is -0.344 e. The molecular formula is C11H20N2O. The number of rotatable bonds is 4. The highest BCUT2D eigenvalue weighted by Gasteiger charge is 2.15. The van der Waals surface area contributed by atoms with Gasteiger partial charge in [0.2, 0.25) is 5.91 Å². The molecule has 0 aliphatic carbocycles. The van der Waals surface area contributed by atoms with Crippen LogP contribution in [0.4, 0.5) is 0 Å². The van der Waals surface area contributed by atoms with E-state index in [-0.39, 0.29) is 11.3 Å². The maximum absolute atomic E-state index is 11.2. The third-order valence-electron chi connectivity index (χ3n) is 1.55. The first-order chi connectivity index (χ1) is 6.35. The number of terminal acetylenes is 1. The summed E-state index contributed by atoms with van der Waals surface area (Å²) in [5.74, 6) is 2.35. The van der Waals surface area contributed by atoms with Gasteiger partial charge in [-0.15, -0.1) is 6.42 Å². The molecule has 0 aromatic rings. The van der Waals surface area contributed by atoms with Crippen LogP contribution in [0.25, 0.3) is 0 Å². The lowest BCUT2D eigenvalue weighted by Gasteiger charge is -2.25. The number of hydrogen-bond donors (Lipinski definition) is 1. The summed E-state index contributed by atoms with van der Waals surface area (Å²) in [5, 5.41) is 2.63. The molecule has 0 atom stereocenters. The first-order valence-electron chi connectivity index (χ1n) is 4.74. The number of hydrogen-bond acceptors (Lipinski definition) is 2. The minimum absolute atomic E-state index is 0.0188. The predicted molar refractivity (Wildman–Crippen MR) is 58.8 cm³/mol. The van der Waals surface area contributed by atoms with Gasteiger partial charge in [0.05, 0.1) is 13.1 Å². The van der Waals surface area contributed by atoms with Crippen molar-refractivity contribution < 1.29 is 4.79 Å². The quantitative estimate of drug-likeness (QED) is 0.672. The van der Waals surface area contributed by atoms with Crippen LogP contribution in [0.15, 0.2) is 0 Å². The highest BCUT2D eigenvalue weighted by Crippen LogP contribution is 2.13. The maximum atomic E-state index is 11.2. The molecule has 0 heterocycles. The van der Waals surface area contributed by atoms with E-state index in [0.29, 0.717) is 13.1 Å². The Morgan fingerprint density at radius 2 is 2.07 bits per heavy atom. The first-order valence-corrected chi connectivity index (χ1v) is 4.74. The van der Waals surface area contributed by atoms with E-state index in [1.165, 1.54) is 0 Å². The molecule has 0 aliphatic rings. The van der Waals surface area contributed by atoms with Crippen LogP contribution in [0.2, 0.25) is 0 Å². The van der Waals surface area contributed by atoms with Gasteiger partial charge in [-0.05, 0) is 12.5 Å². The molecule has 0 unspecified atom stereocenters. The number of likely N-dealkylation sites (N-methyl/N-ethyl adjacent to an activating group) is 1. The molecule has 0 bridgehead atoms. The fraction of sp³-hybridized carbons (Fsp3) is 0.727. The van der Waals surface area contributed by atoms with E-state index in [1.807, 2.05) is 11.9 Å². The van der Waals surface area contributed by atoms with Crippen LogP contribution < -0.4 is 5.32 Å². The molecule has 0 aromatic heterocycles. The van der Waals surface area contributed by atoms with Gasteiger partial charge >= 0.3 is 0 Å². The van der Waals surface area contributed by atoms with E-state index in [0.717, 1.165) is 6.54 Å². The third kappa shape index (κ3) is 7.63. The lowest BCUT2D eigenvalue weighted by molar-refractivity contribution is -0.121. The van der Waals surface area contributed by atoms with Gasteiger partial charge in [-0.25, -0.2) is 0 Å². The van der Waals surface area contributed by atoms with Crippen LogP contribution in [0.5, 0.6) is 0 Å². The van der Waals surface area contributed by atoms with E-state index in [1.54, 1.807) is 0 Å². The maximum Gasteiger partial charge on any atom is 0.234 e. The predicted octanol–water partition coefficient (Wildman–Crippen LogP) is 0.714. The van der Waals surface area contributed by atoms with Gasteiger partial charge in [0, 0.05) is 6.54 Å². The average Bonchev–Trinajstić information content (AvgIpc) is 1.96. The van der Waals surface area contributed by atoms with Crippen molar-refractivity contribution in [2.24, 2.45) is 5.41 Å². The summed E-state index contributed by atoms with van der Waals surface area (Å²) in [6, 6.07) is 0. The minimum atomic E-state index is -0.0188. The molecule has 0 fully saturated rings. The summed E-state index contributed by atoms with van der Waals surface area (Å²) < 4.78 is 0. The molecule has 3 heteroatoms. The van der Waals surface area contributed by atoms with Crippen molar-refractivity contribution in [3.63, 3.8) is 0 Å². The highest BCUT2D eigenvalue weighted by molar-refractivity contribution is 5.78. The molecule has 0 saturated heterocycles. The summed E-state index contributed by atoms with van der Waals surface area (Å²) in [6.45, 7) is 8.02. The smallest absolute Gasteiger partial charge is 0.234 e. The Bertz CT molecular complexity index is 222. The molecular weight excluding hydrogens is 176 g/mol. The Labute approximate surface area is 86.9 Å². The normalized spacial score (nSPS) is 11.1. The topological polar surface area (TPSA) is 32.3 Å². The largest absolute Gasteiger partial charge is 0.344 e. The highest BCUT2D eigenvalue weighted by atomic mass is 16.1. The van der Waals surface area contributed by atoms with E-state index >= 15 is 0 Å². The number of carbonyl (C=O) groups is 1. The zero-order chi connectivity index (χ0) is 11.2. The van der Waals surface area contributed by atoms with Gasteiger partial charge in [0.1, 0.15) is 0 Å². The number of carbonyl (C=O) groups excluding carboxylic acids is 1. The van der Waals surface area contributed by atoms with E-state index in [4.69, 9.17) is 6.42 Å². The van der Waals surface area contributed by atoms with Crippen LogP contribution in [0, 0.1) is 17.8 Å². The molecule has 80 valence electrons. The van der Waals surface area contributed by atoms with Crippen molar-refractivity contribution in [1.29, 1.82) is 0 Å². The molecule has 1 amide bonds. The van der Waals surface area contributed by atoms with Crippen LogP contribution >= 0.6 is 0 Å². The van der Waals surface area contributed by atoms with E-state index in [2.05, 4.69) is 32.0 Å². The van der Waals surface area contributed by atoms with Crippen LogP contribution in [-0.2, 0) is 4.79 Å². The molecule has 0 saturated carbocycles. The molecule has 14 heavy (non-hydrogen) atoms. The second-order valence-corrected chi connectivity index (χ2v) is 4.71. The van der Waals surface area contributed by atoms with Crippen molar-refractivity contribution in [3.8, 4) is 12.3 Å². The molecule has 1 N–H and O–H groups in total. The van der Waals surface area contributed by atoms with Crippen molar-refractivity contribution >= 4 is 5.91 Å². The van der Waals surface area contributed by atoms with Crippen molar-refractivity contribution in [2.45, 2.75) is 20.8 Å². The summed E-state index contributed by atoms with van der Waals surface area (Å²) >= 11 is 0. The summed E-state index contributed by atoms with van der Waals surface area (Å²) in [7, 11) is 1.93. The Morgan fingerprint density at radius 1 is 1.50 bits per heavy atom. The summed E-state index contributed by atoms with van der Waals surface area (Å²) in [4.78, 5) is 13.2. The Morgan fingerprint density at radius 3 is 2.50 bits per heavy atom. The second-order valence-electron chi connectivity index (χ2n) is 4.71. The lowest BCUT2D eigenvalue weighted by atomic mass is 9.96. The van der Waals surface area contributed by atoms with Gasteiger partial charge in [-0.3, -0.25) is 9.69 Å². The zero-order valence-electron chi connectivity index (χ0n) is 9.55. The Balaban J connectivity index is 3.78. The molecule has 0 aromatic carbocycles. The van der Waals surface area contributed by atoms with Gasteiger partial charge in [0.15, 0.2) is 0 Å². The fourth-order valence-corrected chi connectivity index (χ4v) is 1.32. The third-order valence-corrected chi connectivity index (χ3v) is 1.55. The Kier molecular flexibility index (Phi) is 5.26. The molecule has 0 aliphatic heterocycles. The zero-order valence-corrected chi connectivity index (χ0v) is 9.55. The van der Waals surface area contributed by atoms with Gasteiger partial charge in [-0.1, -0.05) is 26.7 Å². The summed E-state index contributed by atoms with van der Waals surface area (Å²) in [5.41, 5.74) is 0.209. The fourth-order valence-electron chi connectivity index (χ4n) is 1.32. The monoisotopic (exact) mass is 196 g/mol. The van der Waals surface area contributed by atoms with Gasteiger partial charge in [0.25, 0.3) is 0 Å². The number of nitrogens with one attached hydrogen (secondary N) is 1. The van der Waals surface area contributed by atoms with E-state index < -0.39 is 0 Å². The van der Waals surface area contributed by atoms with Gasteiger partial charge in [-0.2, -0.15) is 0 Å². The molecule has 0 spiro atoms. The SMILES string of the molecule is C#CCNC(=O)CN(C)CC(C)(C)C. The Hall–Kier alpha value is -1.01. The first kappa shape index (κ1) is 13.0. The van der Waals surface area contributed by atoms with Gasteiger partial charge < -0.3 is 5.32 Å². The second kappa shape index (κ2) is 5.66. The lowest BCUT2D eigenvalue weighted by Crippen LogP contribution is -2.38. The van der Waals surface area contributed by atoms with Crippen molar-refractivity contribution in [3.05, 3.63) is 0 Å². The molecule has 0 radical (unpaired) electrons. The van der Waals surface area contributed by atoms with Crippen LogP contribution in [0.1, 0.15) is 20.8 Å². The van der Waals surface area contributed by atoms with Crippen molar-refractivity contribution in [1.82, 2.24) is 10.2 Å². The number of nitrogens with zero attached hydrogens (tertiary/aromatic N) is 1. The average molecular weight is 196 g/mol. The van der Waals surface area contributed by atoms with Crippen LogP contribution in [-0.4, -0.2) is 37.5 Å². The van der Waals surface area contributed by atoms with E-state index in [9.17, 15) is 4.79 Å².